The van der Waals surface area contributed by atoms with E-state index in [-0.39, 0.29) is 0 Å². The highest BCUT2D eigenvalue weighted by Crippen LogP contribution is 2.33. The lowest BCUT2D eigenvalue weighted by molar-refractivity contribution is 0.480. The van der Waals surface area contributed by atoms with Gasteiger partial charge in [-0.2, -0.15) is 0 Å². The Morgan fingerprint density at radius 1 is 1.33 bits per heavy atom. The summed E-state index contributed by atoms with van der Waals surface area (Å²) < 4.78 is 0. The molecule has 12 heavy (non-hydrogen) atoms. The molecule has 1 aliphatic rings. The molecule has 1 fully saturated rings. The molecule has 0 heterocycles. The molecule has 0 aromatic carbocycles. The van der Waals surface area contributed by atoms with Crippen LogP contribution in [0, 0.1) is 0 Å². The average molecular weight is 170 g/mol. The molecule has 0 radical (unpaired) electrons. The van der Waals surface area contributed by atoms with Crippen molar-refractivity contribution in [3.05, 3.63) is 0 Å². The second-order valence-electron chi connectivity index (χ2n) is 4.25. The molecule has 0 aromatic heterocycles. The summed E-state index contributed by atoms with van der Waals surface area (Å²) in [7, 11) is 0. The van der Waals surface area contributed by atoms with E-state index in [0.29, 0.717) is 11.6 Å². The van der Waals surface area contributed by atoms with Crippen LogP contribution in [0.3, 0.4) is 0 Å². The molecule has 2 nitrogen and oxygen atoms in total. The maximum atomic E-state index is 3.55. The van der Waals surface area contributed by atoms with Crippen molar-refractivity contribution in [1.82, 2.24) is 10.6 Å². The summed E-state index contributed by atoms with van der Waals surface area (Å²) in [6.07, 6.45) is 3.93. The van der Waals surface area contributed by atoms with Gasteiger partial charge in [-0.1, -0.05) is 6.92 Å². The lowest BCUT2D eigenvalue weighted by Gasteiger charge is -2.14. The molecule has 1 saturated carbocycles. The standard InChI is InChI=1S/C10H22N2/c1-4-9(2)11-7-8-12-10(3)5-6-10/h9,11-12H,4-8H2,1-3H3. The summed E-state index contributed by atoms with van der Waals surface area (Å²) in [5, 5.41) is 7.02. The molecule has 1 aliphatic carbocycles. The minimum atomic E-state index is 0.497. The Morgan fingerprint density at radius 2 is 2.00 bits per heavy atom. The van der Waals surface area contributed by atoms with Crippen molar-refractivity contribution in [2.24, 2.45) is 0 Å². The first-order valence-corrected chi connectivity index (χ1v) is 5.15. The summed E-state index contributed by atoms with van der Waals surface area (Å²) in [6.45, 7) is 8.97. The van der Waals surface area contributed by atoms with E-state index >= 15 is 0 Å². The van der Waals surface area contributed by atoms with Gasteiger partial charge in [-0.15, -0.1) is 0 Å². The Morgan fingerprint density at radius 3 is 2.50 bits per heavy atom. The normalized spacial score (nSPS) is 22.2. The molecule has 0 bridgehead atoms. The van der Waals surface area contributed by atoms with Gasteiger partial charge in [0.2, 0.25) is 0 Å². The third kappa shape index (κ3) is 3.55. The summed E-state index contributed by atoms with van der Waals surface area (Å²) in [4.78, 5) is 0. The molecular weight excluding hydrogens is 148 g/mol. The predicted molar refractivity (Wildman–Crippen MR) is 53.4 cm³/mol. The van der Waals surface area contributed by atoms with Crippen molar-refractivity contribution in [1.29, 1.82) is 0 Å². The van der Waals surface area contributed by atoms with Gasteiger partial charge >= 0.3 is 0 Å². The van der Waals surface area contributed by atoms with Crippen LogP contribution < -0.4 is 10.6 Å². The molecule has 2 N–H and O–H groups in total. The van der Waals surface area contributed by atoms with E-state index in [1.54, 1.807) is 0 Å². The van der Waals surface area contributed by atoms with Crippen molar-refractivity contribution in [2.75, 3.05) is 13.1 Å². The Bertz CT molecular complexity index is 130. The van der Waals surface area contributed by atoms with Crippen molar-refractivity contribution in [2.45, 2.75) is 51.6 Å². The van der Waals surface area contributed by atoms with Gasteiger partial charge < -0.3 is 10.6 Å². The lowest BCUT2D eigenvalue weighted by atomic mass is 10.2. The van der Waals surface area contributed by atoms with Crippen LogP contribution in [-0.4, -0.2) is 24.7 Å². The van der Waals surface area contributed by atoms with E-state index < -0.39 is 0 Å². The first-order valence-electron chi connectivity index (χ1n) is 5.15. The molecular formula is C10H22N2. The maximum absolute atomic E-state index is 3.55. The van der Waals surface area contributed by atoms with Gasteiger partial charge in [0.15, 0.2) is 0 Å². The molecule has 2 heteroatoms. The average Bonchev–Trinajstić information content (AvgIpc) is 2.78. The first-order chi connectivity index (χ1) is 5.66. The second-order valence-corrected chi connectivity index (χ2v) is 4.25. The van der Waals surface area contributed by atoms with Crippen LogP contribution in [0.5, 0.6) is 0 Å². The maximum Gasteiger partial charge on any atom is 0.0155 e. The van der Waals surface area contributed by atoms with Crippen LogP contribution in [0.1, 0.15) is 40.0 Å². The number of hydrogen-bond acceptors (Lipinski definition) is 2. The van der Waals surface area contributed by atoms with Crippen molar-refractivity contribution < 1.29 is 0 Å². The Labute approximate surface area is 76.1 Å². The largest absolute Gasteiger partial charge is 0.313 e. The Balaban J connectivity index is 1.89. The zero-order chi connectivity index (χ0) is 9.03. The third-order valence-electron chi connectivity index (χ3n) is 2.78. The summed E-state index contributed by atoms with van der Waals surface area (Å²) >= 11 is 0. The van der Waals surface area contributed by atoms with Gasteiger partial charge in [-0.25, -0.2) is 0 Å². The van der Waals surface area contributed by atoms with Gasteiger partial charge in [-0.05, 0) is 33.1 Å². The fourth-order valence-corrected chi connectivity index (χ4v) is 1.19. The number of hydrogen-bond donors (Lipinski definition) is 2. The van der Waals surface area contributed by atoms with E-state index in [1.807, 2.05) is 0 Å². The summed E-state index contributed by atoms with van der Waals surface area (Å²) in [6, 6.07) is 0.666. The zero-order valence-corrected chi connectivity index (χ0v) is 8.61. The predicted octanol–water partition coefficient (Wildman–Crippen LogP) is 1.52. The first kappa shape index (κ1) is 10.0. The second kappa shape index (κ2) is 4.24. The summed E-state index contributed by atoms with van der Waals surface area (Å²) in [5.41, 5.74) is 0.497. The van der Waals surface area contributed by atoms with E-state index in [1.165, 1.54) is 19.3 Å². The molecule has 1 unspecified atom stereocenters. The van der Waals surface area contributed by atoms with Gasteiger partial charge in [0.1, 0.15) is 0 Å². The van der Waals surface area contributed by atoms with Crippen LogP contribution in [0.2, 0.25) is 0 Å². The van der Waals surface area contributed by atoms with Crippen LogP contribution in [0.15, 0.2) is 0 Å². The Kier molecular flexibility index (Phi) is 3.53. The van der Waals surface area contributed by atoms with Crippen LogP contribution >= 0.6 is 0 Å². The highest BCUT2D eigenvalue weighted by atomic mass is 15.0. The fraction of sp³-hybridized carbons (Fsp3) is 1.00. The van der Waals surface area contributed by atoms with Crippen LogP contribution in [0.25, 0.3) is 0 Å². The van der Waals surface area contributed by atoms with Crippen LogP contribution in [-0.2, 0) is 0 Å². The lowest BCUT2D eigenvalue weighted by Crippen LogP contribution is -2.37. The molecule has 0 spiro atoms. The van der Waals surface area contributed by atoms with E-state index in [4.69, 9.17) is 0 Å². The quantitative estimate of drug-likeness (QED) is 0.591. The van der Waals surface area contributed by atoms with Gasteiger partial charge in [-0.3, -0.25) is 0 Å². The van der Waals surface area contributed by atoms with Gasteiger partial charge in [0.25, 0.3) is 0 Å². The zero-order valence-electron chi connectivity index (χ0n) is 8.61. The number of nitrogens with one attached hydrogen (secondary N) is 2. The molecule has 0 saturated heterocycles. The van der Waals surface area contributed by atoms with Crippen molar-refractivity contribution in [3.63, 3.8) is 0 Å². The molecule has 1 atom stereocenters. The highest BCUT2D eigenvalue weighted by Gasteiger charge is 2.35. The van der Waals surface area contributed by atoms with Crippen LogP contribution in [0.4, 0.5) is 0 Å². The monoisotopic (exact) mass is 170 g/mol. The molecule has 0 aliphatic heterocycles. The molecule has 1 rings (SSSR count). The smallest absolute Gasteiger partial charge is 0.0155 e. The highest BCUT2D eigenvalue weighted by molar-refractivity contribution is 4.97. The third-order valence-corrected chi connectivity index (χ3v) is 2.78. The summed E-state index contributed by atoms with van der Waals surface area (Å²) in [5.74, 6) is 0. The fourth-order valence-electron chi connectivity index (χ4n) is 1.19. The SMILES string of the molecule is CCC(C)NCCNC1(C)CC1. The van der Waals surface area contributed by atoms with Crippen molar-refractivity contribution >= 4 is 0 Å². The van der Waals surface area contributed by atoms with E-state index in [9.17, 15) is 0 Å². The minimum absolute atomic E-state index is 0.497. The number of rotatable bonds is 6. The van der Waals surface area contributed by atoms with E-state index in [2.05, 4.69) is 31.4 Å². The minimum Gasteiger partial charge on any atom is -0.313 e. The van der Waals surface area contributed by atoms with E-state index in [0.717, 1.165) is 13.1 Å². The Hall–Kier alpha value is -0.0800. The molecule has 72 valence electrons. The van der Waals surface area contributed by atoms with Gasteiger partial charge in [0.05, 0.1) is 0 Å². The molecule has 0 amide bonds. The topological polar surface area (TPSA) is 24.1 Å². The van der Waals surface area contributed by atoms with Gasteiger partial charge in [0, 0.05) is 24.7 Å². The molecule has 0 aromatic rings. The van der Waals surface area contributed by atoms with Crippen molar-refractivity contribution in [3.8, 4) is 0 Å².